The molecule has 0 atom stereocenters. The Bertz CT molecular complexity index is 569. The van der Waals surface area contributed by atoms with E-state index in [4.69, 9.17) is 0 Å². The summed E-state index contributed by atoms with van der Waals surface area (Å²) in [6, 6.07) is 1.96. The fourth-order valence-electron chi connectivity index (χ4n) is 1.97. The first-order chi connectivity index (χ1) is 7.54. The van der Waals surface area contributed by atoms with Crippen molar-refractivity contribution in [3.05, 3.63) is 28.7 Å². The van der Waals surface area contributed by atoms with E-state index >= 15 is 0 Å². The molecule has 0 aliphatic heterocycles. The Kier molecular flexibility index (Phi) is 2.50. The van der Waals surface area contributed by atoms with Gasteiger partial charge < -0.3 is 0 Å². The Balaban J connectivity index is 2.89. The van der Waals surface area contributed by atoms with Gasteiger partial charge in [0, 0.05) is 11.4 Å². The number of aromatic nitrogens is 3. The molecule has 0 fully saturated rings. The van der Waals surface area contributed by atoms with Crippen LogP contribution in [-0.4, -0.2) is 20.4 Å². The van der Waals surface area contributed by atoms with Crippen LogP contribution in [0, 0.1) is 13.8 Å². The molecular weight excluding hydrogens is 202 g/mol. The van der Waals surface area contributed by atoms with Gasteiger partial charge in [-0.3, -0.25) is 4.79 Å². The van der Waals surface area contributed by atoms with E-state index in [2.05, 4.69) is 10.1 Å². The Labute approximate surface area is 94.3 Å². The van der Waals surface area contributed by atoms with Gasteiger partial charge in [-0.2, -0.15) is 5.10 Å². The number of nitrogens with zero attached hydrogens (tertiary/aromatic N) is 3. The van der Waals surface area contributed by atoms with Crippen LogP contribution < -0.4 is 0 Å². The van der Waals surface area contributed by atoms with Crippen molar-refractivity contribution in [2.75, 3.05) is 0 Å². The summed E-state index contributed by atoms with van der Waals surface area (Å²) < 4.78 is 1.75. The van der Waals surface area contributed by atoms with Crippen molar-refractivity contribution in [3.63, 3.8) is 0 Å². The van der Waals surface area contributed by atoms with Crippen molar-refractivity contribution in [1.29, 1.82) is 0 Å². The van der Waals surface area contributed by atoms with Crippen LogP contribution in [0.4, 0.5) is 0 Å². The molecule has 4 nitrogen and oxygen atoms in total. The summed E-state index contributed by atoms with van der Waals surface area (Å²) in [6.07, 6.45) is 0.747. The van der Waals surface area contributed by atoms with Crippen LogP contribution in [0.25, 0.3) is 5.65 Å². The summed E-state index contributed by atoms with van der Waals surface area (Å²) >= 11 is 0. The molecule has 2 rings (SSSR count). The maximum Gasteiger partial charge on any atom is 0.166 e. The number of hydrogen-bond donors (Lipinski definition) is 0. The fraction of sp³-hybridized carbons (Fsp3) is 0.417. The second-order valence-electron chi connectivity index (χ2n) is 4.01. The number of ketones is 1. The predicted molar refractivity (Wildman–Crippen MR) is 61.8 cm³/mol. The maximum atomic E-state index is 11.6. The number of Topliss-reactive ketones (excluding diaryl/α,β-unsaturated/α-hetero) is 1. The second kappa shape index (κ2) is 3.70. The van der Waals surface area contributed by atoms with E-state index in [-0.39, 0.29) is 5.78 Å². The highest BCUT2D eigenvalue weighted by molar-refractivity contribution is 6.01. The number of rotatable bonds is 2. The Morgan fingerprint density at radius 2 is 2.12 bits per heavy atom. The predicted octanol–water partition coefficient (Wildman–Crippen LogP) is 2.11. The van der Waals surface area contributed by atoms with Gasteiger partial charge in [0.2, 0.25) is 0 Å². The summed E-state index contributed by atoms with van der Waals surface area (Å²) in [4.78, 5) is 16.0. The zero-order valence-electron chi connectivity index (χ0n) is 10.0. The molecule has 0 spiro atoms. The van der Waals surface area contributed by atoms with Gasteiger partial charge in [0.05, 0.1) is 11.3 Å². The molecule has 0 saturated carbocycles. The van der Waals surface area contributed by atoms with Gasteiger partial charge in [-0.1, -0.05) is 6.92 Å². The largest absolute Gasteiger partial charge is 0.294 e. The first-order valence-corrected chi connectivity index (χ1v) is 5.41. The lowest BCUT2D eigenvalue weighted by Gasteiger charge is -2.00. The molecule has 0 aliphatic carbocycles. The number of fused-ring (bicyclic) bond motifs is 1. The summed E-state index contributed by atoms with van der Waals surface area (Å²) in [7, 11) is 0. The highest BCUT2D eigenvalue weighted by atomic mass is 16.1. The maximum absolute atomic E-state index is 11.6. The number of hydrogen-bond acceptors (Lipinski definition) is 3. The molecule has 16 heavy (non-hydrogen) atoms. The molecule has 0 aromatic carbocycles. The van der Waals surface area contributed by atoms with Crippen LogP contribution in [0.15, 0.2) is 6.07 Å². The third-order valence-electron chi connectivity index (χ3n) is 2.65. The van der Waals surface area contributed by atoms with Crippen molar-refractivity contribution in [1.82, 2.24) is 14.6 Å². The Morgan fingerprint density at radius 3 is 2.69 bits per heavy atom. The van der Waals surface area contributed by atoms with Crippen molar-refractivity contribution < 1.29 is 4.79 Å². The van der Waals surface area contributed by atoms with E-state index in [1.54, 1.807) is 11.4 Å². The highest BCUT2D eigenvalue weighted by Gasteiger charge is 2.17. The number of aryl methyl sites for hydroxylation is 3. The molecule has 0 unspecified atom stereocenters. The number of carbonyl (C=O) groups is 1. The highest BCUT2D eigenvalue weighted by Crippen LogP contribution is 2.17. The normalized spacial score (nSPS) is 11.0. The third-order valence-corrected chi connectivity index (χ3v) is 2.65. The molecule has 0 radical (unpaired) electrons. The van der Waals surface area contributed by atoms with Crippen LogP contribution in [0.1, 0.15) is 41.3 Å². The lowest BCUT2D eigenvalue weighted by Crippen LogP contribution is -2.00. The molecular formula is C12H15N3O. The average molecular weight is 217 g/mol. The molecule has 0 bridgehead atoms. The summed E-state index contributed by atoms with van der Waals surface area (Å²) in [5, 5.41) is 4.43. The van der Waals surface area contributed by atoms with Crippen molar-refractivity contribution in [2.24, 2.45) is 0 Å². The first-order valence-electron chi connectivity index (χ1n) is 5.41. The summed E-state index contributed by atoms with van der Waals surface area (Å²) in [6.45, 7) is 7.46. The molecule has 2 heterocycles. The lowest BCUT2D eigenvalue weighted by atomic mass is 10.1. The van der Waals surface area contributed by atoms with Crippen LogP contribution in [0.5, 0.6) is 0 Å². The smallest absolute Gasteiger partial charge is 0.166 e. The zero-order chi connectivity index (χ0) is 11.9. The van der Waals surface area contributed by atoms with Crippen LogP contribution in [0.2, 0.25) is 0 Å². The average Bonchev–Trinajstić information content (AvgIpc) is 2.56. The van der Waals surface area contributed by atoms with Crippen molar-refractivity contribution in [3.8, 4) is 0 Å². The summed E-state index contributed by atoms with van der Waals surface area (Å²) in [5.74, 6) is 0.0318. The molecule has 2 aromatic heterocycles. The van der Waals surface area contributed by atoms with Gasteiger partial charge in [-0.05, 0) is 33.3 Å². The van der Waals surface area contributed by atoms with E-state index in [0.717, 1.165) is 23.5 Å². The zero-order valence-corrected chi connectivity index (χ0v) is 10.0. The third kappa shape index (κ3) is 1.50. The molecule has 84 valence electrons. The quantitative estimate of drug-likeness (QED) is 0.724. The molecule has 0 aliphatic rings. The van der Waals surface area contributed by atoms with Gasteiger partial charge >= 0.3 is 0 Å². The number of carbonyl (C=O) groups excluding carboxylic acids is 1. The summed E-state index contributed by atoms with van der Waals surface area (Å²) in [5.41, 5.74) is 4.09. The van der Waals surface area contributed by atoms with Gasteiger partial charge in [0.25, 0.3) is 0 Å². The topological polar surface area (TPSA) is 47.3 Å². The molecule has 0 N–H and O–H groups in total. The van der Waals surface area contributed by atoms with Crippen molar-refractivity contribution in [2.45, 2.75) is 34.1 Å². The van der Waals surface area contributed by atoms with Gasteiger partial charge in [0.15, 0.2) is 11.4 Å². The van der Waals surface area contributed by atoms with Gasteiger partial charge in [-0.25, -0.2) is 9.50 Å². The fourth-order valence-corrected chi connectivity index (χ4v) is 1.97. The monoisotopic (exact) mass is 217 g/mol. The second-order valence-corrected chi connectivity index (χ2v) is 4.01. The van der Waals surface area contributed by atoms with Crippen LogP contribution in [-0.2, 0) is 6.42 Å². The van der Waals surface area contributed by atoms with E-state index in [1.165, 1.54) is 0 Å². The van der Waals surface area contributed by atoms with Crippen LogP contribution in [0.3, 0.4) is 0 Å². The minimum atomic E-state index is 0.0318. The van der Waals surface area contributed by atoms with Crippen molar-refractivity contribution >= 4 is 11.4 Å². The van der Waals surface area contributed by atoms with E-state index in [0.29, 0.717) is 11.2 Å². The SMILES string of the molecule is CCc1nn2c(C)cc(C)nc2c1C(C)=O. The molecule has 0 amide bonds. The minimum absolute atomic E-state index is 0.0318. The van der Waals surface area contributed by atoms with Crippen LogP contribution >= 0.6 is 0 Å². The van der Waals surface area contributed by atoms with E-state index in [9.17, 15) is 4.79 Å². The Hall–Kier alpha value is -1.71. The molecule has 0 saturated heterocycles. The lowest BCUT2D eigenvalue weighted by molar-refractivity contribution is 0.101. The van der Waals surface area contributed by atoms with Gasteiger partial charge in [-0.15, -0.1) is 0 Å². The molecule has 4 heteroatoms. The van der Waals surface area contributed by atoms with Gasteiger partial charge in [0.1, 0.15) is 0 Å². The Morgan fingerprint density at radius 1 is 1.44 bits per heavy atom. The minimum Gasteiger partial charge on any atom is -0.294 e. The standard InChI is InChI=1S/C12H15N3O/c1-5-10-11(9(4)16)12-13-7(2)6-8(3)15(12)14-10/h6H,5H2,1-4H3. The molecule has 2 aromatic rings. The van der Waals surface area contributed by atoms with E-state index in [1.807, 2.05) is 26.8 Å². The first kappa shape index (κ1) is 10.8. The van der Waals surface area contributed by atoms with E-state index < -0.39 is 0 Å².